The van der Waals surface area contributed by atoms with Crippen LogP contribution in [0.25, 0.3) is 0 Å². The van der Waals surface area contributed by atoms with Gasteiger partial charge in [0.05, 0.1) is 12.7 Å². The van der Waals surface area contributed by atoms with Crippen LogP contribution in [0.4, 0.5) is 0 Å². The summed E-state index contributed by atoms with van der Waals surface area (Å²) in [6, 6.07) is 8.18. The molecule has 14 heteroatoms. The maximum absolute atomic E-state index is 13.6. The van der Waals surface area contributed by atoms with Crippen molar-refractivity contribution in [1.82, 2.24) is 14.6 Å². The normalized spacial score (nSPS) is 26.4. The number of ether oxygens (including phenoxy) is 2. The molecule has 1 saturated heterocycles. The van der Waals surface area contributed by atoms with Crippen LogP contribution in [-0.2, 0) is 23.4 Å². The van der Waals surface area contributed by atoms with E-state index in [2.05, 4.69) is 10.1 Å². The molecule has 198 valence electrons. The summed E-state index contributed by atoms with van der Waals surface area (Å²) in [5.41, 5.74) is -1.40. The number of alkyl halides is 1. The van der Waals surface area contributed by atoms with E-state index >= 15 is 0 Å². The van der Waals surface area contributed by atoms with E-state index in [4.69, 9.17) is 30.1 Å². The molecule has 3 N–H and O–H groups in total. The molecule has 0 amide bonds. The Morgan fingerprint density at radius 3 is 2.56 bits per heavy atom. The fraction of sp³-hybridized carbons (Fsp3) is 0.500. The van der Waals surface area contributed by atoms with Crippen molar-refractivity contribution in [1.29, 1.82) is 0 Å². The highest BCUT2D eigenvalue weighted by molar-refractivity contribution is 7.52. The van der Waals surface area contributed by atoms with Gasteiger partial charge >= 0.3 is 19.4 Å². The molecule has 2 heterocycles. The molecule has 0 spiro atoms. The molecule has 2 aromatic rings. The Balaban J connectivity index is 1.80. The number of rotatable bonds is 10. The first-order chi connectivity index (χ1) is 16.8. The van der Waals surface area contributed by atoms with Crippen molar-refractivity contribution in [2.45, 2.75) is 63.2 Å². The zero-order valence-corrected chi connectivity index (χ0v) is 21.8. The van der Waals surface area contributed by atoms with Crippen LogP contribution in [0, 0.1) is 0 Å². The highest BCUT2D eigenvalue weighted by Gasteiger charge is 2.54. The Labute approximate surface area is 212 Å². The molecule has 0 radical (unpaired) electrons. The summed E-state index contributed by atoms with van der Waals surface area (Å²) in [5.74, 6) is -0.473. The van der Waals surface area contributed by atoms with E-state index in [0.29, 0.717) is 0 Å². The third-order valence-electron chi connectivity index (χ3n) is 5.26. The Morgan fingerprint density at radius 1 is 1.28 bits per heavy atom. The maximum atomic E-state index is 13.6. The predicted molar refractivity (Wildman–Crippen MR) is 130 cm³/mol. The van der Waals surface area contributed by atoms with Crippen LogP contribution in [0.2, 0.25) is 0 Å². The van der Waals surface area contributed by atoms with Crippen molar-refractivity contribution >= 4 is 25.3 Å². The van der Waals surface area contributed by atoms with Gasteiger partial charge in [-0.25, -0.2) is 9.36 Å². The number of carbonyl (C=O) groups excluding carboxylic acids is 1. The molecule has 2 unspecified atom stereocenters. The van der Waals surface area contributed by atoms with Gasteiger partial charge < -0.3 is 19.1 Å². The van der Waals surface area contributed by atoms with Gasteiger partial charge in [-0.2, -0.15) is 5.09 Å². The van der Waals surface area contributed by atoms with E-state index in [9.17, 15) is 24.1 Å². The van der Waals surface area contributed by atoms with E-state index in [0.717, 1.165) is 10.6 Å². The third-order valence-corrected chi connectivity index (χ3v) is 7.31. The quantitative estimate of drug-likeness (QED) is 0.229. The molecule has 0 bridgehead atoms. The second-order valence-corrected chi connectivity index (χ2v) is 11.2. The molecule has 6 atom stereocenters. The average molecular weight is 546 g/mol. The van der Waals surface area contributed by atoms with Crippen molar-refractivity contribution in [2.75, 3.05) is 6.61 Å². The van der Waals surface area contributed by atoms with Gasteiger partial charge in [-0.05, 0) is 39.8 Å². The Bertz CT molecular complexity index is 1220. The van der Waals surface area contributed by atoms with E-state index in [1.54, 1.807) is 44.2 Å². The lowest BCUT2D eigenvalue weighted by atomic mass is 10.0. The highest BCUT2D eigenvalue weighted by atomic mass is 35.5. The lowest BCUT2D eigenvalue weighted by Gasteiger charge is -2.26. The number of aromatic nitrogens is 2. The van der Waals surface area contributed by atoms with E-state index < -0.39 is 67.0 Å². The summed E-state index contributed by atoms with van der Waals surface area (Å²) in [4.78, 5) is 36.5. The molecule has 36 heavy (non-hydrogen) atoms. The first kappa shape index (κ1) is 28.1. The van der Waals surface area contributed by atoms with Gasteiger partial charge in [0.25, 0.3) is 5.56 Å². The number of aromatic amines is 1. The molecular formula is C22H29ClN3O9P. The van der Waals surface area contributed by atoms with Crippen LogP contribution in [0.5, 0.6) is 5.75 Å². The lowest BCUT2D eigenvalue weighted by Crippen LogP contribution is -2.43. The minimum absolute atomic E-state index is 0.200. The molecule has 12 nitrogen and oxygen atoms in total. The van der Waals surface area contributed by atoms with Crippen molar-refractivity contribution in [3.8, 4) is 5.75 Å². The third kappa shape index (κ3) is 6.64. The van der Waals surface area contributed by atoms with Gasteiger partial charge in [-0.15, -0.1) is 11.6 Å². The molecule has 0 aliphatic carbocycles. The van der Waals surface area contributed by atoms with Gasteiger partial charge in [0.2, 0.25) is 0 Å². The molecule has 1 aromatic heterocycles. The number of hydrogen-bond donors (Lipinski definition) is 3. The van der Waals surface area contributed by atoms with Crippen LogP contribution < -0.4 is 20.9 Å². The minimum Gasteiger partial charge on any atom is -0.462 e. The molecule has 1 aliphatic rings. The monoisotopic (exact) mass is 545 g/mol. The van der Waals surface area contributed by atoms with Gasteiger partial charge in [-0.1, -0.05) is 18.2 Å². The smallest absolute Gasteiger partial charge is 0.459 e. The standard InChI is InChI=1S/C22H29ClN3O9P/c1-13(2)33-19(29)14(3)25-36(31,35-15-8-6-5-7-9-15)32-12-16-18(28)22(4,23)20(34-16)26-11-10-17(27)24-21(26)30/h5-11,13-14,16,18,20,28H,12H2,1-4H3,(H,25,31)(H,24,27,30)/t14-,16+,18?,20+,22?,36-/m0/s1. The number of para-hydroxylation sites is 1. The van der Waals surface area contributed by atoms with Crippen molar-refractivity contribution in [3.63, 3.8) is 0 Å². The number of halogens is 1. The van der Waals surface area contributed by atoms with Gasteiger partial charge in [0.15, 0.2) is 6.23 Å². The second kappa shape index (κ2) is 11.3. The Morgan fingerprint density at radius 2 is 1.94 bits per heavy atom. The molecule has 1 aromatic carbocycles. The molecule has 0 saturated carbocycles. The number of benzene rings is 1. The SMILES string of the molecule is CC(C)OC(=O)[C@H](C)N[P@](=O)(OC[C@H]1O[C@@H](n2ccc(=O)[nH]c2=O)C(C)(Cl)C1O)Oc1ccccc1. The van der Waals surface area contributed by atoms with E-state index in [-0.39, 0.29) is 5.75 Å². The summed E-state index contributed by atoms with van der Waals surface area (Å²) >= 11 is 6.52. The topological polar surface area (TPSA) is 158 Å². The first-order valence-electron chi connectivity index (χ1n) is 11.1. The van der Waals surface area contributed by atoms with Gasteiger partial charge in [0, 0.05) is 12.3 Å². The van der Waals surface area contributed by atoms with Crippen LogP contribution in [-0.4, -0.2) is 56.5 Å². The van der Waals surface area contributed by atoms with Crippen LogP contribution in [0.3, 0.4) is 0 Å². The summed E-state index contributed by atoms with van der Waals surface area (Å²) in [7, 11) is -4.22. The van der Waals surface area contributed by atoms with Crippen LogP contribution in [0.15, 0.2) is 52.2 Å². The number of nitrogens with zero attached hydrogens (tertiary/aromatic N) is 1. The second-order valence-electron chi connectivity index (χ2n) is 8.67. The largest absolute Gasteiger partial charge is 0.462 e. The summed E-state index contributed by atoms with van der Waals surface area (Å²) in [6.45, 7) is 5.75. The zero-order chi connectivity index (χ0) is 26.7. The number of carbonyl (C=O) groups is 1. The zero-order valence-electron chi connectivity index (χ0n) is 20.1. The molecule has 3 rings (SSSR count). The lowest BCUT2D eigenvalue weighted by molar-refractivity contribution is -0.149. The van der Waals surface area contributed by atoms with Crippen LogP contribution in [0.1, 0.15) is 33.9 Å². The van der Waals surface area contributed by atoms with Crippen molar-refractivity contribution in [3.05, 3.63) is 63.4 Å². The highest BCUT2D eigenvalue weighted by Crippen LogP contribution is 2.48. The fourth-order valence-corrected chi connectivity index (χ4v) is 5.27. The van der Waals surface area contributed by atoms with Crippen molar-refractivity contribution < 1.29 is 33.0 Å². The number of H-pyrrole nitrogens is 1. The summed E-state index contributed by atoms with van der Waals surface area (Å²) in [5, 5.41) is 13.3. The van der Waals surface area contributed by atoms with Crippen molar-refractivity contribution in [2.24, 2.45) is 0 Å². The van der Waals surface area contributed by atoms with Gasteiger partial charge in [-0.3, -0.25) is 23.7 Å². The molecule has 1 fully saturated rings. The van der Waals surface area contributed by atoms with Crippen LogP contribution >= 0.6 is 19.3 Å². The van der Waals surface area contributed by atoms with E-state index in [1.807, 2.05) is 0 Å². The first-order valence-corrected chi connectivity index (χ1v) is 13.1. The minimum atomic E-state index is -4.22. The Kier molecular flexibility index (Phi) is 8.81. The fourth-order valence-electron chi connectivity index (χ4n) is 3.47. The number of hydrogen-bond acceptors (Lipinski definition) is 9. The number of aliphatic hydroxyl groups is 1. The molecular weight excluding hydrogens is 517 g/mol. The summed E-state index contributed by atoms with van der Waals surface area (Å²) < 4.78 is 36.7. The van der Waals surface area contributed by atoms with Gasteiger partial charge in [0.1, 0.15) is 28.9 Å². The number of nitrogens with one attached hydrogen (secondary N) is 2. The number of aliphatic hydroxyl groups excluding tert-OH is 1. The Hall–Kier alpha value is -2.47. The summed E-state index contributed by atoms with van der Waals surface area (Å²) in [6.07, 6.45) is -2.92. The number of esters is 1. The molecule has 1 aliphatic heterocycles. The average Bonchev–Trinajstić information content (AvgIpc) is 3.01. The maximum Gasteiger partial charge on any atom is 0.459 e. The van der Waals surface area contributed by atoms with E-state index in [1.165, 1.54) is 20.0 Å². The predicted octanol–water partition coefficient (Wildman–Crippen LogP) is 1.93.